The number of halogens is 1. The number of nitrogens with zero attached hydrogens (tertiary/aromatic N) is 2. The van der Waals surface area contributed by atoms with E-state index in [4.69, 9.17) is 11.6 Å². The molecule has 0 radical (unpaired) electrons. The van der Waals surface area contributed by atoms with Crippen LogP contribution in [-0.2, 0) is 6.42 Å². The molecule has 4 heteroatoms. The maximum absolute atomic E-state index is 10.4. The minimum absolute atomic E-state index is 0.429. The van der Waals surface area contributed by atoms with E-state index in [2.05, 4.69) is 18.9 Å². The lowest BCUT2D eigenvalue weighted by molar-refractivity contribution is 0.177. The van der Waals surface area contributed by atoms with Crippen molar-refractivity contribution < 1.29 is 5.11 Å². The third-order valence-electron chi connectivity index (χ3n) is 3.90. The highest BCUT2D eigenvalue weighted by molar-refractivity contribution is 6.31. The van der Waals surface area contributed by atoms with Crippen molar-refractivity contribution in [3.63, 3.8) is 0 Å². The summed E-state index contributed by atoms with van der Waals surface area (Å²) in [6.45, 7) is 6.31. The van der Waals surface area contributed by atoms with Crippen molar-refractivity contribution in [1.82, 2.24) is 9.78 Å². The molecule has 1 aromatic heterocycles. The van der Waals surface area contributed by atoms with Crippen molar-refractivity contribution in [2.45, 2.75) is 52.2 Å². The molecule has 0 fully saturated rings. The van der Waals surface area contributed by atoms with Gasteiger partial charge in [0.05, 0.1) is 17.8 Å². The molecule has 0 saturated heterocycles. The average molecular weight is 307 g/mol. The molecule has 1 heterocycles. The van der Waals surface area contributed by atoms with Gasteiger partial charge >= 0.3 is 0 Å². The zero-order valence-electron chi connectivity index (χ0n) is 12.9. The van der Waals surface area contributed by atoms with Crippen LogP contribution in [0.1, 0.15) is 55.7 Å². The van der Waals surface area contributed by atoms with Crippen LogP contribution in [0.25, 0.3) is 0 Å². The van der Waals surface area contributed by atoms with Gasteiger partial charge in [-0.25, -0.2) is 0 Å². The quantitative estimate of drug-likeness (QED) is 0.854. The summed E-state index contributed by atoms with van der Waals surface area (Å²) in [5.41, 5.74) is 2.75. The van der Waals surface area contributed by atoms with Crippen molar-refractivity contribution >= 4 is 11.6 Å². The highest BCUT2D eigenvalue weighted by atomic mass is 35.5. The molecule has 0 aliphatic carbocycles. The number of aromatic nitrogens is 2. The molecule has 0 bridgehead atoms. The molecule has 0 amide bonds. The van der Waals surface area contributed by atoms with E-state index in [-0.39, 0.29) is 0 Å². The Bertz CT molecular complexity index is 590. The standard InChI is InChI=1S/C17H23ClN2O/c1-4-14(5-2)20-9-8-13(19-20)11-17(21)15-7-6-12(3)10-16(15)18/h6-10,14,17,21H,4-5,11H2,1-3H3. The van der Waals surface area contributed by atoms with Gasteiger partial charge < -0.3 is 5.11 Å². The van der Waals surface area contributed by atoms with E-state index in [1.165, 1.54) is 0 Å². The average Bonchev–Trinajstić information content (AvgIpc) is 2.88. The molecule has 2 rings (SSSR count). The van der Waals surface area contributed by atoms with Crippen LogP contribution < -0.4 is 0 Å². The highest BCUT2D eigenvalue weighted by Crippen LogP contribution is 2.26. The van der Waals surface area contributed by atoms with Crippen molar-refractivity contribution in [1.29, 1.82) is 0 Å². The van der Waals surface area contributed by atoms with Gasteiger partial charge in [-0.1, -0.05) is 37.6 Å². The number of hydrogen-bond acceptors (Lipinski definition) is 2. The molecule has 3 nitrogen and oxygen atoms in total. The monoisotopic (exact) mass is 306 g/mol. The van der Waals surface area contributed by atoms with Gasteiger partial charge in [0.25, 0.3) is 0 Å². The molecule has 1 unspecified atom stereocenters. The van der Waals surface area contributed by atoms with Crippen LogP contribution in [0.4, 0.5) is 0 Å². The highest BCUT2D eigenvalue weighted by Gasteiger charge is 2.15. The number of rotatable bonds is 6. The summed E-state index contributed by atoms with van der Waals surface area (Å²) in [7, 11) is 0. The van der Waals surface area contributed by atoms with Crippen LogP contribution in [0, 0.1) is 6.92 Å². The molecule has 1 aromatic carbocycles. The molecule has 114 valence electrons. The van der Waals surface area contributed by atoms with E-state index < -0.39 is 6.10 Å². The van der Waals surface area contributed by atoms with Crippen LogP contribution in [-0.4, -0.2) is 14.9 Å². The predicted octanol–water partition coefficient (Wildman–Crippen LogP) is 4.48. The Morgan fingerprint density at radius 1 is 1.24 bits per heavy atom. The molecule has 21 heavy (non-hydrogen) atoms. The number of aliphatic hydroxyl groups is 1. The first-order chi connectivity index (χ1) is 10.0. The molecule has 0 saturated carbocycles. The molecule has 1 N–H and O–H groups in total. The second-order valence-electron chi connectivity index (χ2n) is 5.50. The van der Waals surface area contributed by atoms with Crippen LogP contribution in [0.15, 0.2) is 30.5 Å². The fourth-order valence-electron chi connectivity index (χ4n) is 2.56. The molecule has 2 aromatic rings. The van der Waals surface area contributed by atoms with Crippen LogP contribution in [0.5, 0.6) is 0 Å². The van der Waals surface area contributed by atoms with E-state index in [0.717, 1.165) is 29.7 Å². The Labute approximate surface area is 131 Å². The van der Waals surface area contributed by atoms with Crippen molar-refractivity contribution in [2.24, 2.45) is 0 Å². The Balaban J connectivity index is 2.11. The van der Waals surface area contributed by atoms with Gasteiger partial charge in [-0.3, -0.25) is 4.68 Å². The first kappa shape index (κ1) is 16.1. The van der Waals surface area contributed by atoms with Crippen LogP contribution >= 0.6 is 11.6 Å². The number of benzene rings is 1. The second-order valence-corrected chi connectivity index (χ2v) is 5.91. The summed E-state index contributed by atoms with van der Waals surface area (Å²) in [4.78, 5) is 0. The fraction of sp³-hybridized carbons (Fsp3) is 0.471. The summed E-state index contributed by atoms with van der Waals surface area (Å²) in [6.07, 6.45) is 3.98. The van der Waals surface area contributed by atoms with E-state index in [1.54, 1.807) is 0 Å². The molecule has 0 spiro atoms. The van der Waals surface area contributed by atoms with E-state index in [1.807, 2.05) is 42.1 Å². The molecule has 0 aliphatic rings. The first-order valence-corrected chi connectivity index (χ1v) is 7.91. The Hall–Kier alpha value is -1.32. The zero-order valence-corrected chi connectivity index (χ0v) is 13.6. The van der Waals surface area contributed by atoms with Gasteiger partial charge in [-0.2, -0.15) is 5.10 Å². The molecule has 0 aliphatic heterocycles. The number of aryl methyl sites for hydroxylation is 1. The lowest BCUT2D eigenvalue weighted by Crippen LogP contribution is -2.09. The number of aliphatic hydroxyl groups excluding tert-OH is 1. The molecular weight excluding hydrogens is 284 g/mol. The minimum atomic E-state index is -0.622. The van der Waals surface area contributed by atoms with Crippen molar-refractivity contribution in [3.05, 3.63) is 52.3 Å². The Kier molecular flexibility index (Phi) is 5.43. The third-order valence-corrected chi connectivity index (χ3v) is 4.22. The smallest absolute Gasteiger partial charge is 0.0860 e. The third kappa shape index (κ3) is 3.86. The molecule has 1 atom stereocenters. The maximum Gasteiger partial charge on any atom is 0.0860 e. The Morgan fingerprint density at radius 3 is 2.57 bits per heavy atom. The Morgan fingerprint density at radius 2 is 1.95 bits per heavy atom. The normalized spacial score (nSPS) is 12.9. The lowest BCUT2D eigenvalue weighted by Gasteiger charge is -2.14. The maximum atomic E-state index is 10.4. The summed E-state index contributed by atoms with van der Waals surface area (Å²) in [5, 5.41) is 15.6. The molecular formula is C17H23ClN2O. The van der Waals surface area contributed by atoms with E-state index in [0.29, 0.717) is 17.5 Å². The van der Waals surface area contributed by atoms with Crippen LogP contribution in [0.3, 0.4) is 0 Å². The second kappa shape index (κ2) is 7.10. The zero-order chi connectivity index (χ0) is 15.4. The van der Waals surface area contributed by atoms with Gasteiger partial charge in [-0.05, 0) is 43.0 Å². The topological polar surface area (TPSA) is 38.0 Å². The summed E-state index contributed by atoms with van der Waals surface area (Å²) < 4.78 is 2.00. The lowest BCUT2D eigenvalue weighted by atomic mass is 10.0. The van der Waals surface area contributed by atoms with Gasteiger partial charge in [0.1, 0.15) is 0 Å². The van der Waals surface area contributed by atoms with Gasteiger partial charge in [0, 0.05) is 17.6 Å². The fourth-order valence-corrected chi connectivity index (χ4v) is 2.92. The summed E-state index contributed by atoms with van der Waals surface area (Å²) in [6, 6.07) is 8.14. The minimum Gasteiger partial charge on any atom is -0.388 e. The first-order valence-electron chi connectivity index (χ1n) is 7.53. The summed E-state index contributed by atoms with van der Waals surface area (Å²) >= 11 is 6.21. The van der Waals surface area contributed by atoms with Gasteiger partial charge in [0.15, 0.2) is 0 Å². The predicted molar refractivity (Wildman–Crippen MR) is 86.7 cm³/mol. The van der Waals surface area contributed by atoms with Gasteiger partial charge in [0.2, 0.25) is 0 Å². The van der Waals surface area contributed by atoms with Crippen molar-refractivity contribution in [2.75, 3.05) is 0 Å². The van der Waals surface area contributed by atoms with E-state index >= 15 is 0 Å². The number of hydrogen-bond donors (Lipinski definition) is 1. The largest absolute Gasteiger partial charge is 0.388 e. The van der Waals surface area contributed by atoms with Gasteiger partial charge in [-0.15, -0.1) is 0 Å². The van der Waals surface area contributed by atoms with Crippen molar-refractivity contribution in [3.8, 4) is 0 Å². The summed E-state index contributed by atoms with van der Waals surface area (Å²) in [5.74, 6) is 0. The SMILES string of the molecule is CCC(CC)n1ccc(CC(O)c2ccc(C)cc2Cl)n1. The van der Waals surface area contributed by atoms with Crippen LogP contribution in [0.2, 0.25) is 5.02 Å². The van der Waals surface area contributed by atoms with E-state index in [9.17, 15) is 5.11 Å².